The largest absolute Gasteiger partial charge is 0.497 e. The van der Waals surface area contributed by atoms with Crippen LogP contribution in [0.25, 0.3) is 0 Å². The zero-order valence-electron chi connectivity index (χ0n) is 28.5. The maximum atomic E-state index is 13.5. The molecule has 4 aromatic carbocycles. The van der Waals surface area contributed by atoms with Crippen LogP contribution in [0.15, 0.2) is 96.0 Å². The molecule has 4 aromatic rings. The van der Waals surface area contributed by atoms with Gasteiger partial charge in [-0.05, 0) is 73.2 Å². The van der Waals surface area contributed by atoms with Crippen LogP contribution in [-0.2, 0) is 11.3 Å². The number of benzodiazepines with no additional fused rings is 1. The number of methoxy groups -OCH3 is 1. The highest BCUT2D eigenvalue weighted by atomic mass is 35.5. The fourth-order valence-electron chi connectivity index (χ4n) is 6.69. The van der Waals surface area contributed by atoms with Gasteiger partial charge >= 0.3 is 7.48 Å². The average Bonchev–Trinajstić information content (AvgIpc) is 3.27. The lowest BCUT2D eigenvalue weighted by Gasteiger charge is -2.32. The number of nitrogens with one attached hydrogen (secondary N) is 3. The van der Waals surface area contributed by atoms with E-state index in [1.165, 1.54) is 10.5 Å². The van der Waals surface area contributed by atoms with Crippen molar-refractivity contribution >= 4 is 59.4 Å². The highest BCUT2D eigenvalue weighted by Gasteiger charge is 2.32. The van der Waals surface area contributed by atoms with Crippen LogP contribution in [-0.4, -0.2) is 72.8 Å². The third kappa shape index (κ3) is 8.06. The molecule has 2 heterocycles. The lowest BCUT2D eigenvalue weighted by atomic mass is 9.86. The van der Waals surface area contributed by atoms with Gasteiger partial charge in [-0.15, -0.1) is 0 Å². The Bertz CT molecular complexity index is 1990. The van der Waals surface area contributed by atoms with Crippen LogP contribution in [0.3, 0.4) is 0 Å². The Kier molecular flexibility index (Phi) is 11.0. The lowest BCUT2D eigenvalue weighted by molar-refractivity contribution is -0.121. The van der Waals surface area contributed by atoms with Crippen LogP contribution >= 0.6 is 11.6 Å². The van der Waals surface area contributed by atoms with Gasteiger partial charge in [-0.2, -0.15) is 0 Å². The summed E-state index contributed by atoms with van der Waals surface area (Å²) in [6, 6.07) is 26.9. The minimum Gasteiger partial charge on any atom is -0.497 e. The van der Waals surface area contributed by atoms with Gasteiger partial charge < -0.3 is 20.0 Å². The number of carbonyl (C=O) groups excluding carboxylic acids is 2. The molecule has 12 heteroatoms. The maximum Gasteiger partial charge on any atom is 0.326 e. The zero-order valence-corrected chi connectivity index (χ0v) is 29.3. The fourth-order valence-corrected chi connectivity index (χ4v) is 6.82. The van der Waals surface area contributed by atoms with Crippen molar-refractivity contribution in [2.75, 3.05) is 25.1 Å². The molecule has 0 aliphatic carbocycles. The number of ether oxygens (including phenoxy) is 1. The molecule has 1 saturated heterocycles. The summed E-state index contributed by atoms with van der Waals surface area (Å²) in [4.78, 5) is 34.9. The van der Waals surface area contributed by atoms with E-state index < -0.39 is 6.04 Å². The monoisotopic (exact) mass is 701 g/mol. The Morgan fingerprint density at radius 2 is 1.76 bits per heavy atom. The second kappa shape index (κ2) is 15.7. The molecule has 2 aliphatic rings. The minimum absolute atomic E-state index is 0.0271. The van der Waals surface area contributed by atoms with Gasteiger partial charge in [-0.1, -0.05) is 71.7 Å². The van der Waals surface area contributed by atoms with E-state index in [2.05, 4.69) is 17.4 Å². The second-order valence-corrected chi connectivity index (χ2v) is 13.2. The first-order chi connectivity index (χ1) is 24.6. The number of amidine groups is 2. The van der Waals surface area contributed by atoms with Crippen LogP contribution in [0.5, 0.6) is 5.75 Å². The number of aliphatic imine (C=N–C) groups is 1. The topological polar surface area (TPSA) is 142 Å². The predicted molar refractivity (Wildman–Crippen MR) is 202 cm³/mol. The quantitative estimate of drug-likeness (QED) is 0.106. The van der Waals surface area contributed by atoms with Crippen LogP contribution in [0, 0.1) is 10.8 Å². The van der Waals surface area contributed by atoms with Crippen molar-refractivity contribution in [3.05, 3.63) is 124 Å². The Morgan fingerprint density at radius 3 is 2.47 bits per heavy atom. The first kappa shape index (κ1) is 35.6. The number of hydrogen-bond donors (Lipinski definition) is 4. The molecule has 0 saturated carbocycles. The summed E-state index contributed by atoms with van der Waals surface area (Å²) in [5, 5.41) is 30.6. The summed E-state index contributed by atoms with van der Waals surface area (Å²) in [7, 11) is 2.57. The van der Waals surface area contributed by atoms with Crippen molar-refractivity contribution in [3.63, 3.8) is 0 Å². The first-order valence-corrected chi connectivity index (χ1v) is 17.2. The van der Waals surface area contributed by atoms with Gasteiger partial charge in [-0.3, -0.25) is 30.3 Å². The standard InChI is InChI=1S/C39H39BClN6O4/c1-24(42)47-35-14-13-32(51-2)21-33(35)37(27-9-11-31(41)12-10-27)45-34(38(47)43)22-36(48)44-23-25-5-3-6-28(19-25)26-15-17-46(18-16-26)39(49)29-7-4-8-30(20-29)40-50/h3-14,19-21,26,34,42-43,50H,15-18,22-23H2,1-2H3,(H,44,48). The number of likely N-dealkylation sites (tertiary alicyclic amines) is 1. The number of carbonyl (C=O) groups is 2. The van der Waals surface area contributed by atoms with E-state index in [0.29, 0.717) is 58.4 Å². The van der Waals surface area contributed by atoms with Gasteiger partial charge in [-0.25, -0.2) is 0 Å². The molecule has 1 atom stereocenters. The molecule has 2 amide bonds. The summed E-state index contributed by atoms with van der Waals surface area (Å²) in [6.07, 6.45) is 1.56. The van der Waals surface area contributed by atoms with E-state index in [9.17, 15) is 14.6 Å². The molecule has 1 radical (unpaired) electrons. The van der Waals surface area contributed by atoms with Gasteiger partial charge in [0.05, 0.1) is 24.9 Å². The molecular weight excluding hydrogens is 663 g/mol. The zero-order chi connectivity index (χ0) is 36.1. The SMILES string of the molecule is COc1ccc2c(c1)C(c1ccc(Cl)cc1)=NC(CC(=O)NCc1cccc(C3CCN(C(=O)c4cccc([B]O)c4)CC3)c1)C(=N)N2C(C)=N. The molecule has 1 unspecified atom stereocenters. The molecule has 6 rings (SSSR count). The van der Waals surface area contributed by atoms with Gasteiger partial charge in [0.25, 0.3) is 5.91 Å². The Balaban J connectivity index is 1.14. The summed E-state index contributed by atoms with van der Waals surface area (Å²) in [5.41, 5.74) is 5.89. The molecule has 4 N–H and O–H groups in total. The third-order valence-corrected chi connectivity index (χ3v) is 9.60. The normalized spacial score (nSPS) is 16.1. The van der Waals surface area contributed by atoms with E-state index in [0.717, 1.165) is 31.5 Å². The van der Waals surface area contributed by atoms with Gasteiger partial charge in [0.15, 0.2) is 0 Å². The lowest BCUT2D eigenvalue weighted by Crippen LogP contribution is -2.42. The van der Waals surface area contributed by atoms with E-state index in [1.54, 1.807) is 62.6 Å². The first-order valence-electron chi connectivity index (χ1n) is 16.8. The molecule has 1 fully saturated rings. The van der Waals surface area contributed by atoms with Crippen molar-refractivity contribution in [2.24, 2.45) is 4.99 Å². The van der Waals surface area contributed by atoms with Crippen molar-refractivity contribution in [3.8, 4) is 5.75 Å². The number of anilines is 1. The number of halogens is 1. The number of hydrogen-bond acceptors (Lipinski definition) is 7. The van der Waals surface area contributed by atoms with E-state index in [4.69, 9.17) is 32.1 Å². The summed E-state index contributed by atoms with van der Waals surface area (Å²) < 4.78 is 5.51. The highest BCUT2D eigenvalue weighted by molar-refractivity contribution is 6.45. The van der Waals surface area contributed by atoms with Crippen molar-refractivity contribution < 1.29 is 19.3 Å². The van der Waals surface area contributed by atoms with E-state index in [1.807, 2.05) is 35.2 Å². The molecule has 0 bridgehead atoms. The predicted octanol–water partition coefficient (Wildman–Crippen LogP) is 5.31. The smallest absolute Gasteiger partial charge is 0.326 e. The number of benzene rings is 4. The fraction of sp³-hybridized carbons (Fsp3) is 0.256. The molecule has 51 heavy (non-hydrogen) atoms. The molecular formula is C39H39BClN6O4. The molecule has 259 valence electrons. The molecule has 10 nitrogen and oxygen atoms in total. The van der Waals surface area contributed by atoms with Crippen molar-refractivity contribution in [1.82, 2.24) is 10.2 Å². The summed E-state index contributed by atoms with van der Waals surface area (Å²) in [5.74, 6) is 0.734. The summed E-state index contributed by atoms with van der Waals surface area (Å²) >= 11 is 6.20. The number of piperidine rings is 1. The van der Waals surface area contributed by atoms with Crippen molar-refractivity contribution in [1.29, 1.82) is 10.8 Å². The Labute approximate surface area is 303 Å². The average molecular weight is 702 g/mol. The summed E-state index contributed by atoms with van der Waals surface area (Å²) in [6.45, 7) is 3.18. The van der Waals surface area contributed by atoms with Gasteiger partial charge in [0, 0.05) is 41.3 Å². The van der Waals surface area contributed by atoms with Crippen LogP contribution in [0.1, 0.15) is 64.7 Å². The maximum absolute atomic E-state index is 13.5. The Hall–Kier alpha value is -5.26. The molecule has 0 spiro atoms. The van der Waals surface area contributed by atoms with Crippen molar-refractivity contribution in [2.45, 2.75) is 44.7 Å². The molecule has 0 aromatic heterocycles. The number of fused-ring (bicyclic) bond motifs is 1. The van der Waals surface area contributed by atoms with E-state index in [-0.39, 0.29) is 35.8 Å². The second-order valence-electron chi connectivity index (χ2n) is 12.7. The van der Waals surface area contributed by atoms with Crippen LogP contribution in [0.4, 0.5) is 5.69 Å². The number of nitrogens with zero attached hydrogens (tertiary/aromatic N) is 3. The highest BCUT2D eigenvalue weighted by Crippen LogP contribution is 2.33. The minimum atomic E-state index is -0.863. The number of amides is 2. The van der Waals surface area contributed by atoms with Crippen LogP contribution in [0.2, 0.25) is 5.02 Å². The van der Waals surface area contributed by atoms with Gasteiger partial charge in [0.1, 0.15) is 23.5 Å². The third-order valence-electron chi connectivity index (χ3n) is 9.35. The van der Waals surface area contributed by atoms with Gasteiger partial charge in [0.2, 0.25) is 5.91 Å². The van der Waals surface area contributed by atoms with Crippen LogP contribution < -0.4 is 20.4 Å². The Morgan fingerprint density at radius 1 is 1.02 bits per heavy atom. The number of rotatable bonds is 9. The molecule has 2 aliphatic heterocycles. The van der Waals surface area contributed by atoms with E-state index >= 15 is 0 Å².